The van der Waals surface area contributed by atoms with Gasteiger partial charge in [0.05, 0.1) is 0 Å². The molecule has 2 aromatic carbocycles. The molecule has 1 heterocycles. The van der Waals surface area contributed by atoms with Crippen molar-refractivity contribution in [1.82, 2.24) is 15.1 Å². The van der Waals surface area contributed by atoms with Gasteiger partial charge in [0, 0.05) is 31.7 Å². The molecule has 8 nitrogen and oxygen atoms in total. The molecule has 0 radical (unpaired) electrons. The maximum Gasteiger partial charge on any atom is 0.411 e. The minimum Gasteiger partial charge on any atom is -0.489 e. The monoisotopic (exact) mass is 537 g/mol. The minimum absolute atomic E-state index is 0.267. The molecule has 1 aliphatic heterocycles. The third-order valence-corrected chi connectivity index (χ3v) is 7.26. The van der Waals surface area contributed by atoms with E-state index in [0.29, 0.717) is 44.0 Å². The molecule has 0 aliphatic carbocycles. The molecule has 0 saturated heterocycles. The largest absolute Gasteiger partial charge is 0.489 e. The van der Waals surface area contributed by atoms with E-state index in [2.05, 4.69) is 37.9 Å². The lowest BCUT2D eigenvalue weighted by atomic mass is 9.92. The highest BCUT2D eigenvalue weighted by Crippen LogP contribution is 2.34. The smallest absolute Gasteiger partial charge is 0.411 e. The first kappa shape index (κ1) is 30.2. The summed E-state index contributed by atoms with van der Waals surface area (Å²) in [6.07, 6.45) is -0.150. The number of ketones is 1. The standard InChI is InChI=1S/C31H43N3O5/c1-21(2)33(22(3)4)18-16-32-29(36)28-27-14-13-26(38-20-24-11-9-8-10-12-24)19-25(27)15-17-34(28)30(37)39-31(6,7)23(5)35/h8-14,19,21-22,28H,15-18,20H2,1-7H3,(H,32,36). The summed E-state index contributed by atoms with van der Waals surface area (Å²) in [5, 5.41) is 3.04. The fourth-order valence-corrected chi connectivity index (χ4v) is 4.78. The molecule has 8 heteroatoms. The van der Waals surface area contributed by atoms with Gasteiger partial charge in [0.2, 0.25) is 5.91 Å². The van der Waals surface area contributed by atoms with Crippen LogP contribution in [0.1, 0.15) is 71.2 Å². The van der Waals surface area contributed by atoms with Gasteiger partial charge in [-0.1, -0.05) is 36.4 Å². The van der Waals surface area contributed by atoms with Crippen LogP contribution < -0.4 is 10.1 Å². The molecule has 1 atom stereocenters. The summed E-state index contributed by atoms with van der Waals surface area (Å²) in [5.41, 5.74) is 1.45. The van der Waals surface area contributed by atoms with Crippen molar-refractivity contribution in [2.45, 2.75) is 85.2 Å². The van der Waals surface area contributed by atoms with E-state index < -0.39 is 17.7 Å². The molecule has 1 N–H and O–H groups in total. The van der Waals surface area contributed by atoms with Gasteiger partial charge in [0.25, 0.3) is 0 Å². The normalized spacial score (nSPS) is 15.3. The molecule has 3 rings (SSSR count). The van der Waals surface area contributed by atoms with Gasteiger partial charge in [-0.05, 0) is 83.7 Å². The number of Topliss-reactive ketones (excluding diaryl/α,β-unsaturated/α-hetero) is 1. The number of ether oxygens (including phenoxy) is 2. The van der Waals surface area contributed by atoms with E-state index >= 15 is 0 Å². The number of nitrogens with zero attached hydrogens (tertiary/aromatic N) is 2. The van der Waals surface area contributed by atoms with Crippen LogP contribution in [-0.4, -0.2) is 64.9 Å². The molecule has 2 amide bonds. The van der Waals surface area contributed by atoms with Gasteiger partial charge in [-0.3, -0.25) is 19.4 Å². The average Bonchev–Trinajstić information content (AvgIpc) is 2.88. The van der Waals surface area contributed by atoms with Gasteiger partial charge in [-0.25, -0.2) is 4.79 Å². The van der Waals surface area contributed by atoms with Gasteiger partial charge in [0.1, 0.15) is 18.4 Å². The van der Waals surface area contributed by atoms with Crippen molar-refractivity contribution in [3.63, 3.8) is 0 Å². The molecule has 212 valence electrons. The van der Waals surface area contributed by atoms with E-state index in [1.54, 1.807) is 13.8 Å². The number of hydrogen-bond donors (Lipinski definition) is 1. The second-order valence-corrected chi connectivity index (χ2v) is 11.1. The molecule has 1 aliphatic rings. The van der Waals surface area contributed by atoms with Crippen LogP contribution in [-0.2, 0) is 27.4 Å². The topological polar surface area (TPSA) is 88.2 Å². The number of fused-ring (bicyclic) bond motifs is 1. The quantitative estimate of drug-likeness (QED) is 0.439. The van der Waals surface area contributed by atoms with Crippen molar-refractivity contribution in [3.05, 3.63) is 65.2 Å². The summed E-state index contributed by atoms with van der Waals surface area (Å²) in [7, 11) is 0. The first-order chi connectivity index (χ1) is 18.4. The summed E-state index contributed by atoms with van der Waals surface area (Å²) < 4.78 is 11.6. The molecule has 0 fully saturated rings. The Morgan fingerprint density at radius 1 is 1.05 bits per heavy atom. The van der Waals surface area contributed by atoms with E-state index in [0.717, 1.165) is 16.7 Å². The summed E-state index contributed by atoms with van der Waals surface area (Å²) >= 11 is 0. The van der Waals surface area contributed by atoms with E-state index in [4.69, 9.17) is 9.47 Å². The molecular weight excluding hydrogens is 494 g/mol. The van der Waals surface area contributed by atoms with E-state index in [1.165, 1.54) is 11.8 Å². The van der Waals surface area contributed by atoms with Crippen LogP contribution >= 0.6 is 0 Å². The van der Waals surface area contributed by atoms with Crippen molar-refractivity contribution >= 4 is 17.8 Å². The van der Waals surface area contributed by atoms with Crippen LogP contribution in [0.15, 0.2) is 48.5 Å². The fraction of sp³-hybridized carbons (Fsp3) is 0.516. The highest BCUT2D eigenvalue weighted by molar-refractivity contribution is 5.90. The maximum absolute atomic E-state index is 13.6. The second kappa shape index (κ2) is 13.1. The third-order valence-electron chi connectivity index (χ3n) is 7.26. The number of carbonyl (C=O) groups excluding carboxylic acids is 3. The number of carbonyl (C=O) groups is 3. The van der Waals surface area contributed by atoms with Gasteiger partial charge in [0.15, 0.2) is 11.4 Å². The average molecular weight is 538 g/mol. The Balaban J connectivity index is 1.82. The Morgan fingerprint density at radius 3 is 2.33 bits per heavy atom. The van der Waals surface area contributed by atoms with Gasteiger partial charge in [-0.2, -0.15) is 0 Å². The number of nitrogens with one attached hydrogen (secondary N) is 1. The molecule has 1 unspecified atom stereocenters. The van der Waals surface area contributed by atoms with Crippen LogP contribution in [0.4, 0.5) is 4.79 Å². The predicted octanol–water partition coefficient (Wildman–Crippen LogP) is 4.90. The van der Waals surface area contributed by atoms with Crippen molar-refractivity contribution in [1.29, 1.82) is 0 Å². The zero-order valence-electron chi connectivity index (χ0n) is 24.3. The summed E-state index contributed by atoms with van der Waals surface area (Å²) in [4.78, 5) is 42.6. The van der Waals surface area contributed by atoms with Gasteiger partial charge in [-0.15, -0.1) is 0 Å². The number of rotatable bonds is 11. The number of hydrogen-bond acceptors (Lipinski definition) is 6. The van der Waals surface area contributed by atoms with Crippen molar-refractivity contribution in [2.75, 3.05) is 19.6 Å². The van der Waals surface area contributed by atoms with Gasteiger partial charge >= 0.3 is 6.09 Å². The third kappa shape index (κ3) is 7.82. The first-order valence-corrected chi connectivity index (χ1v) is 13.7. The Bertz CT molecular complexity index is 1140. The summed E-state index contributed by atoms with van der Waals surface area (Å²) in [5.74, 6) is 0.158. The molecule has 0 spiro atoms. The van der Waals surface area contributed by atoms with Crippen molar-refractivity contribution in [2.24, 2.45) is 0 Å². The van der Waals surface area contributed by atoms with Crippen LogP contribution in [0, 0.1) is 0 Å². The van der Waals surface area contributed by atoms with Crippen LogP contribution in [0.2, 0.25) is 0 Å². The van der Waals surface area contributed by atoms with Crippen LogP contribution in [0.5, 0.6) is 5.75 Å². The second-order valence-electron chi connectivity index (χ2n) is 11.1. The molecule has 0 bridgehead atoms. The highest BCUT2D eigenvalue weighted by Gasteiger charge is 2.40. The lowest BCUT2D eigenvalue weighted by Crippen LogP contribution is -2.51. The number of benzene rings is 2. The van der Waals surface area contributed by atoms with E-state index in [9.17, 15) is 14.4 Å². The molecule has 0 saturated carbocycles. The van der Waals surface area contributed by atoms with Crippen LogP contribution in [0.25, 0.3) is 0 Å². The minimum atomic E-state index is -1.29. The zero-order chi connectivity index (χ0) is 28.7. The molecule has 2 aromatic rings. The SMILES string of the molecule is CC(=O)C(C)(C)OC(=O)N1CCc2cc(OCc3ccccc3)ccc2C1C(=O)NCCN(C(C)C)C(C)C. The Hall–Kier alpha value is -3.39. The predicted molar refractivity (Wildman–Crippen MR) is 152 cm³/mol. The van der Waals surface area contributed by atoms with Gasteiger partial charge < -0.3 is 14.8 Å². The Kier molecular flexibility index (Phi) is 10.1. The van der Waals surface area contributed by atoms with Crippen molar-refractivity contribution < 1.29 is 23.9 Å². The summed E-state index contributed by atoms with van der Waals surface area (Å²) in [6.45, 7) is 14.9. The fourth-order valence-electron chi connectivity index (χ4n) is 4.78. The lowest BCUT2D eigenvalue weighted by molar-refractivity contribution is -0.134. The highest BCUT2D eigenvalue weighted by atomic mass is 16.6. The van der Waals surface area contributed by atoms with E-state index in [-0.39, 0.29) is 18.2 Å². The summed E-state index contributed by atoms with van der Waals surface area (Å²) in [6, 6.07) is 15.3. The van der Waals surface area contributed by atoms with Crippen LogP contribution in [0.3, 0.4) is 0 Å². The first-order valence-electron chi connectivity index (χ1n) is 13.7. The Morgan fingerprint density at radius 2 is 1.72 bits per heavy atom. The lowest BCUT2D eigenvalue weighted by Gasteiger charge is -2.37. The maximum atomic E-state index is 13.6. The van der Waals surface area contributed by atoms with E-state index in [1.807, 2.05) is 48.5 Å². The van der Waals surface area contributed by atoms with Crippen molar-refractivity contribution in [3.8, 4) is 5.75 Å². The molecular formula is C31H43N3O5. The number of amides is 2. The molecule has 39 heavy (non-hydrogen) atoms. The zero-order valence-corrected chi connectivity index (χ0v) is 24.3. The molecule has 0 aromatic heterocycles. The Labute approximate surface area is 232 Å².